The second kappa shape index (κ2) is 14.7. The summed E-state index contributed by atoms with van der Waals surface area (Å²) >= 11 is 7.99. The number of hydrogen-bond donors (Lipinski definition) is 1. The molecule has 0 bridgehead atoms. The Kier molecular flexibility index (Phi) is 10.5. The average molecular weight is 641 g/mol. The number of anilines is 2. The Morgan fingerprint density at radius 2 is 1.84 bits per heavy atom. The summed E-state index contributed by atoms with van der Waals surface area (Å²) in [7, 11) is 4.05. The molecule has 1 N–H and O–H groups in total. The summed E-state index contributed by atoms with van der Waals surface area (Å²) in [4.78, 5) is 24.9. The van der Waals surface area contributed by atoms with Crippen LogP contribution in [0.15, 0.2) is 79.1 Å². The summed E-state index contributed by atoms with van der Waals surface area (Å²) in [5.74, 6) is 7.46. The average Bonchev–Trinajstić information content (AvgIpc) is 3.44. The van der Waals surface area contributed by atoms with E-state index in [9.17, 15) is 9.18 Å². The number of hydrogen-bond acceptors (Lipinski definition) is 7. The maximum atomic E-state index is 13.5. The number of rotatable bonds is 11. The van der Waals surface area contributed by atoms with E-state index in [0.29, 0.717) is 28.6 Å². The number of nitrogens with one attached hydrogen (secondary N) is 1. The Morgan fingerprint density at radius 3 is 2.58 bits per heavy atom. The summed E-state index contributed by atoms with van der Waals surface area (Å²) in [5.41, 5.74) is 4.16. The molecule has 0 radical (unpaired) electrons. The monoisotopic (exact) mass is 640 g/mol. The van der Waals surface area contributed by atoms with Crippen molar-refractivity contribution in [3.05, 3.63) is 112 Å². The van der Waals surface area contributed by atoms with Crippen molar-refractivity contribution in [2.24, 2.45) is 11.8 Å². The maximum Gasteiger partial charge on any atom is 0.165 e. The predicted octanol–water partition coefficient (Wildman–Crippen LogP) is 8.76. The van der Waals surface area contributed by atoms with Gasteiger partial charge in [-0.1, -0.05) is 73.7 Å². The number of halogens is 2. The molecule has 45 heavy (non-hydrogen) atoms. The summed E-state index contributed by atoms with van der Waals surface area (Å²) in [6.07, 6.45) is 2.11. The lowest BCUT2D eigenvalue weighted by molar-refractivity contribution is 0.0895. The SMILES string of the molecule is CC(CC#Cc1cc2ncnc(Nc3ccc(OCc4cccc(F)c4)c(Cl)c3)c2s1)C(C)C(=O)c1ccc(CN(C)C)cc1. The van der Waals surface area contributed by atoms with Crippen LogP contribution in [0.5, 0.6) is 5.75 Å². The first-order chi connectivity index (χ1) is 21.7. The Hall–Kier alpha value is -4.29. The normalized spacial score (nSPS) is 12.4. The number of ketones is 1. The number of carbonyl (C=O) groups excluding carboxylic acids is 1. The van der Waals surface area contributed by atoms with E-state index < -0.39 is 0 Å². The molecule has 0 spiro atoms. The molecule has 6 nitrogen and oxygen atoms in total. The van der Waals surface area contributed by atoms with Crippen LogP contribution in [0.3, 0.4) is 0 Å². The second-order valence-corrected chi connectivity index (χ2v) is 12.8. The molecule has 9 heteroatoms. The molecule has 0 saturated heterocycles. The Bertz CT molecular complexity index is 1860. The fourth-order valence-corrected chi connectivity index (χ4v) is 5.93. The zero-order chi connectivity index (χ0) is 31.9. The molecule has 0 saturated carbocycles. The van der Waals surface area contributed by atoms with Crippen molar-refractivity contribution in [1.29, 1.82) is 0 Å². The number of carbonyl (C=O) groups is 1. The van der Waals surface area contributed by atoms with E-state index >= 15 is 0 Å². The fourth-order valence-electron chi connectivity index (χ4n) is 4.76. The minimum absolute atomic E-state index is 0.100. The van der Waals surface area contributed by atoms with E-state index in [2.05, 4.69) is 38.9 Å². The van der Waals surface area contributed by atoms with Crippen LogP contribution in [0, 0.1) is 29.5 Å². The first kappa shape index (κ1) is 32.1. The van der Waals surface area contributed by atoms with E-state index in [1.165, 1.54) is 35.4 Å². The summed E-state index contributed by atoms with van der Waals surface area (Å²) < 4.78 is 20.1. The Morgan fingerprint density at radius 1 is 1.04 bits per heavy atom. The van der Waals surface area contributed by atoms with Crippen molar-refractivity contribution in [2.45, 2.75) is 33.4 Å². The summed E-state index contributed by atoms with van der Waals surface area (Å²) in [5, 5.41) is 3.74. The Balaban J connectivity index is 1.21. The van der Waals surface area contributed by atoms with Crippen LogP contribution in [0.25, 0.3) is 10.2 Å². The van der Waals surface area contributed by atoms with E-state index in [1.807, 2.05) is 57.4 Å². The number of fused-ring (bicyclic) bond motifs is 1. The third kappa shape index (κ3) is 8.46. The van der Waals surface area contributed by atoms with E-state index in [1.54, 1.807) is 24.3 Å². The Labute approximate surface area is 272 Å². The third-order valence-electron chi connectivity index (χ3n) is 7.43. The number of Topliss-reactive ketones (excluding diaryl/α,β-unsaturated/α-hetero) is 1. The molecule has 0 aliphatic heterocycles. The van der Waals surface area contributed by atoms with Crippen LogP contribution in [-0.4, -0.2) is 34.7 Å². The maximum absolute atomic E-state index is 13.5. The molecule has 0 fully saturated rings. The lowest BCUT2D eigenvalue weighted by Gasteiger charge is -2.17. The lowest BCUT2D eigenvalue weighted by Crippen LogP contribution is -2.19. The minimum atomic E-state index is -0.311. The first-order valence-corrected chi connectivity index (χ1v) is 15.8. The van der Waals surface area contributed by atoms with Gasteiger partial charge >= 0.3 is 0 Å². The summed E-state index contributed by atoms with van der Waals surface area (Å²) in [6, 6.07) is 21.5. The first-order valence-electron chi connectivity index (χ1n) is 14.6. The van der Waals surface area contributed by atoms with Gasteiger partial charge in [-0.15, -0.1) is 11.3 Å². The molecule has 2 aromatic heterocycles. The van der Waals surface area contributed by atoms with Crippen LogP contribution >= 0.6 is 22.9 Å². The molecule has 2 heterocycles. The van der Waals surface area contributed by atoms with Crippen LogP contribution < -0.4 is 10.1 Å². The van der Waals surface area contributed by atoms with Gasteiger partial charge in [0.05, 0.1) is 20.1 Å². The molecule has 5 rings (SSSR count). The van der Waals surface area contributed by atoms with Gasteiger partial charge in [-0.2, -0.15) is 0 Å². The quantitative estimate of drug-likeness (QED) is 0.115. The number of ether oxygens (including phenoxy) is 1. The molecule has 5 aromatic rings. The molecular formula is C36H34ClFN4O2S. The predicted molar refractivity (Wildman–Crippen MR) is 181 cm³/mol. The smallest absolute Gasteiger partial charge is 0.165 e. The number of thiophene rings is 1. The van der Waals surface area contributed by atoms with Gasteiger partial charge in [-0.05, 0) is 67.5 Å². The highest BCUT2D eigenvalue weighted by Crippen LogP contribution is 2.33. The van der Waals surface area contributed by atoms with Crippen LogP contribution in [0.4, 0.5) is 15.9 Å². The highest BCUT2D eigenvalue weighted by Gasteiger charge is 2.21. The van der Waals surface area contributed by atoms with Crippen molar-refractivity contribution >= 4 is 50.4 Å². The molecular weight excluding hydrogens is 607 g/mol. The zero-order valence-electron chi connectivity index (χ0n) is 25.6. The number of aromatic nitrogens is 2. The molecule has 3 aromatic carbocycles. The molecule has 0 aliphatic rings. The molecule has 0 aliphatic carbocycles. The van der Waals surface area contributed by atoms with Gasteiger partial charge in [-0.25, -0.2) is 14.4 Å². The number of nitrogens with zero attached hydrogens (tertiary/aromatic N) is 3. The van der Waals surface area contributed by atoms with Crippen molar-refractivity contribution in [3.8, 4) is 17.6 Å². The van der Waals surface area contributed by atoms with Crippen LogP contribution in [0.1, 0.15) is 46.6 Å². The molecule has 2 unspecified atom stereocenters. The largest absolute Gasteiger partial charge is 0.487 e. The molecule has 230 valence electrons. The van der Waals surface area contributed by atoms with E-state index in [4.69, 9.17) is 16.3 Å². The van der Waals surface area contributed by atoms with Crippen LogP contribution in [0.2, 0.25) is 5.02 Å². The van der Waals surface area contributed by atoms with E-state index in [-0.39, 0.29) is 30.0 Å². The van der Waals surface area contributed by atoms with Gasteiger partial charge in [0.2, 0.25) is 0 Å². The molecule has 0 amide bonds. The van der Waals surface area contributed by atoms with Crippen molar-refractivity contribution in [1.82, 2.24) is 14.9 Å². The fraction of sp³-hybridized carbons (Fsp3) is 0.250. The van der Waals surface area contributed by atoms with Gasteiger partial charge in [0.25, 0.3) is 0 Å². The highest BCUT2D eigenvalue weighted by molar-refractivity contribution is 7.20. The van der Waals surface area contributed by atoms with Crippen LogP contribution in [-0.2, 0) is 13.2 Å². The highest BCUT2D eigenvalue weighted by atomic mass is 35.5. The summed E-state index contributed by atoms with van der Waals surface area (Å²) in [6.45, 7) is 5.09. The minimum Gasteiger partial charge on any atom is -0.487 e. The van der Waals surface area contributed by atoms with E-state index in [0.717, 1.165) is 32.9 Å². The van der Waals surface area contributed by atoms with Gasteiger partial charge in [0.1, 0.15) is 24.5 Å². The lowest BCUT2D eigenvalue weighted by atomic mass is 9.86. The van der Waals surface area contributed by atoms with Crippen molar-refractivity contribution < 1.29 is 13.9 Å². The topological polar surface area (TPSA) is 67.4 Å². The molecule has 2 atom stereocenters. The van der Waals surface area contributed by atoms with Gasteiger partial charge in [0, 0.05) is 30.1 Å². The second-order valence-electron chi connectivity index (χ2n) is 11.3. The standard InChI is InChI=1S/C36H34ClFN4O2S/c1-23(24(2)34(43)27-13-11-25(12-14-27)20-42(3)4)7-5-10-30-19-32-35(45-30)36(40-22-39-32)41-29-15-16-33(31(37)18-29)44-21-26-8-6-9-28(38)17-26/h6,8-9,11-19,22-24H,7,20-21H2,1-4H3,(H,39,40,41). The number of benzene rings is 3. The van der Waals surface area contributed by atoms with Crippen molar-refractivity contribution in [3.63, 3.8) is 0 Å². The van der Waals surface area contributed by atoms with Crippen molar-refractivity contribution in [2.75, 3.05) is 19.4 Å². The van der Waals surface area contributed by atoms with Gasteiger partial charge in [-0.3, -0.25) is 4.79 Å². The third-order valence-corrected chi connectivity index (χ3v) is 8.77. The van der Waals surface area contributed by atoms with Gasteiger partial charge in [0.15, 0.2) is 11.6 Å². The zero-order valence-corrected chi connectivity index (χ0v) is 27.2. The van der Waals surface area contributed by atoms with Gasteiger partial charge < -0.3 is 15.0 Å².